The highest BCUT2D eigenvalue weighted by atomic mass is 16.5. The first-order chi connectivity index (χ1) is 14.3. The van der Waals surface area contributed by atoms with Crippen LogP contribution in [0.2, 0.25) is 0 Å². The number of rotatable bonds is 8. The molecule has 2 N–H and O–H groups in total. The van der Waals surface area contributed by atoms with Gasteiger partial charge >= 0.3 is 5.97 Å². The van der Waals surface area contributed by atoms with Crippen LogP contribution < -0.4 is 10.1 Å². The van der Waals surface area contributed by atoms with Crippen LogP contribution in [-0.2, 0) is 4.79 Å². The Hall–Kier alpha value is -2.31. The van der Waals surface area contributed by atoms with Crippen molar-refractivity contribution in [3.63, 3.8) is 0 Å². The van der Waals surface area contributed by atoms with Gasteiger partial charge in [-0.15, -0.1) is 0 Å². The van der Waals surface area contributed by atoms with Crippen molar-refractivity contribution < 1.29 is 19.4 Å². The molecular formula is C23H33N3O4. The Kier molecular flexibility index (Phi) is 5.89. The Morgan fingerprint density at radius 1 is 1.20 bits per heavy atom. The zero-order valence-electron chi connectivity index (χ0n) is 18.1. The summed E-state index contributed by atoms with van der Waals surface area (Å²) in [5.41, 5.74) is 0.414. The van der Waals surface area contributed by atoms with Gasteiger partial charge in [-0.05, 0) is 68.6 Å². The number of aliphatic carboxylic acids is 1. The predicted molar refractivity (Wildman–Crippen MR) is 113 cm³/mol. The number of carbonyl (C=O) groups excluding carboxylic acids is 1. The molecular weight excluding hydrogens is 382 g/mol. The molecule has 1 aromatic heterocycles. The highest BCUT2D eigenvalue weighted by molar-refractivity contribution is 5.96. The van der Waals surface area contributed by atoms with E-state index in [4.69, 9.17) is 9.84 Å². The van der Waals surface area contributed by atoms with Crippen molar-refractivity contribution in [2.75, 3.05) is 6.61 Å². The van der Waals surface area contributed by atoms with Crippen molar-refractivity contribution in [3.05, 3.63) is 17.8 Å². The first-order valence-corrected chi connectivity index (χ1v) is 11.2. The molecule has 1 heterocycles. The molecule has 0 radical (unpaired) electrons. The summed E-state index contributed by atoms with van der Waals surface area (Å²) < 4.78 is 7.40. The molecule has 1 amide bonds. The van der Waals surface area contributed by atoms with E-state index in [1.165, 1.54) is 49.1 Å². The fraction of sp³-hybridized carbons (Fsp3) is 0.696. The van der Waals surface area contributed by atoms with E-state index in [0.717, 1.165) is 11.8 Å². The van der Waals surface area contributed by atoms with Crippen LogP contribution in [0.5, 0.6) is 5.88 Å². The monoisotopic (exact) mass is 415 g/mol. The number of carbonyl (C=O) groups is 2. The third kappa shape index (κ3) is 4.25. The second kappa shape index (κ2) is 8.44. The molecule has 4 aliphatic rings. The Morgan fingerprint density at radius 3 is 2.40 bits per heavy atom. The van der Waals surface area contributed by atoms with Gasteiger partial charge in [0.1, 0.15) is 5.56 Å². The lowest BCUT2D eigenvalue weighted by Crippen LogP contribution is -2.55. The summed E-state index contributed by atoms with van der Waals surface area (Å²) in [6.45, 7) is 6.12. The average molecular weight is 416 g/mol. The normalized spacial score (nSPS) is 30.7. The summed E-state index contributed by atoms with van der Waals surface area (Å²) in [4.78, 5) is 24.3. The largest absolute Gasteiger partial charge is 0.481 e. The average Bonchev–Trinajstić information content (AvgIpc) is 3.09. The maximum atomic E-state index is 13.2. The fourth-order valence-electron chi connectivity index (χ4n) is 5.69. The summed E-state index contributed by atoms with van der Waals surface area (Å²) >= 11 is 0. The molecule has 5 rings (SSSR count). The quantitative estimate of drug-likeness (QED) is 0.676. The highest BCUT2D eigenvalue weighted by Gasteiger charge is 2.48. The second-order valence-corrected chi connectivity index (χ2v) is 9.91. The lowest BCUT2D eigenvalue weighted by molar-refractivity contribution is -0.139. The molecule has 1 aromatic rings. The van der Waals surface area contributed by atoms with E-state index < -0.39 is 11.9 Å². The van der Waals surface area contributed by atoms with Crippen molar-refractivity contribution in [1.29, 1.82) is 0 Å². The molecule has 0 aromatic carbocycles. The minimum atomic E-state index is -0.914. The van der Waals surface area contributed by atoms with Gasteiger partial charge in [0.25, 0.3) is 5.91 Å². The minimum absolute atomic E-state index is 0.142. The molecule has 0 spiro atoms. The van der Waals surface area contributed by atoms with Crippen molar-refractivity contribution in [1.82, 2.24) is 15.1 Å². The molecule has 4 aliphatic carbocycles. The summed E-state index contributed by atoms with van der Waals surface area (Å²) in [5.74, 6) is 1.85. The van der Waals surface area contributed by atoms with E-state index in [0.29, 0.717) is 29.9 Å². The zero-order chi connectivity index (χ0) is 21.4. The van der Waals surface area contributed by atoms with Gasteiger partial charge in [-0.2, -0.15) is 5.10 Å². The number of carboxylic acids is 1. The third-order valence-corrected chi connectivity index (χ3v) is 6.98. The van der Waals surface area contributed by atoms with Crippen LogP contribution in [0.15, 0.2) is 12.3 Å². The standard InChI is InChI=1S/C23H33N3O4/c1-13(2)12-30-22-19(11-24-26(22)5-4-14(3)23(28)29)21(27)25-20-17-7-15-6-16(9-17)10-18(20)8-15/h4-5,11,13-18,20H,6-10,12H2,1-3H3,(H,25,27)(H,28,29). The van der Waals surface area contributed by atoms with Crippen LogP contribution in [0, 0.1) is 35.5 Å². The predicted octanol–water partition coefficient (Wildman–Crippen LogP) is 3.66. The van der Waals surface area contributed by atoms with Gasteiger partial charge in [0.05, 0.1) is 18.7 Å². The van der Waals surface area contributed by atoms with Gasteiger partial charge in [0, 0.05) is 12.2 Å². The van der Waals surface area contributed by atoms with Gasteiger partial charge in [0.15, 0.2) is 0 Å². The molecule has 1 atom stereocenters. The Bertz CT molecular complexity index is 800. The van der Waals surface area contributed by atoms with E-state index >= 15 is 0 Å². The highest BCUT2D eigenvalue weighted by Crippen LogP contribution is 2.53. The SMILES string of the molecule is CC(C)COc1c(C(=O)NC2C3CC4CC(C3)CC2C4)cnn1C=CC(C)C(=O)O. The molecule has 4 fully saturated rings. The molecule has 4 bridgehead atoms. The second-order valence-electron chi connectivity index (χ2n) is 9.91. The summed E-state index contributed by atoms with van der Waals surface area (Å²) in [6, 6.07) is 0.245. The number of nitrogens with one attached hydrogen (secondary N) is 1. The van der Waals surface area contributed by atoms with Crippen molar-refractivity contribution in [2.45, 2.75) is 58.9 Å². The van der Waals surface area contributed by atoms with Crippen LogP contribution in [-0.4, -0.2) is 39.4 Å². The molecule has 0 aliphatic heterocycles. The van der Waals surface area contributed by atoms with Gasteiger partial charge in [-0.1, -0.05) is 19.9 Å². The number of hydrogen-bond acceptors (Lipinski definition) is 4. The number of nitrogens with zero attached hydrogens (tertiary/aromatic N) is 2. The van der Waals surface area contributed by atoms with E-state index in [1.807, 2.05) is 13.8 Å². The number of aromatic nitrogens is 2. The van der Waals surface area contributed by atoms with E-state index in [-0.39, 0.29) is 17.9 Å². The minimum Gasteiger partial charge on any atom is -0.481 e. The van der Waals surface area contributed by atoms with Gasteiger partial charge in [-0.3, -0.25) is 9.59 Å². The smallest absolute Gasteiger partial charge is 0.310 e. The van der Waals surface area contributed by atoms with Crippen LogP contribution in [0.1, 0.15) is 63.2 Å². The Morgan fingerprint density at radius 2 is 1.83 bits per heavy atom. The summed E-state index contributed by atoms with van der Waals surface area (Å²) in [7, 11) is 0. The lowest BCUT2D eigenvalue weighted by Gasteiger charge is -2.54. The van der Waals surface area contributed by atoms with Crippen LogP contribution in [0.4, 0.5) is 0 Å². The molecule has 30 heavy (non-hydrogen) atoms. The molecule has 7 heteroatoms. The number of amides is 1. The lowest BCUT2D eigenvalue weighted by atomic mass is 9.54. The first-order valence-electron chi connectivity index (χ1n) is 11.2. The Balaban J connectivity index is 1.52. The number of ether oxygens (including phenoxy) is 1. The summed E-state index contributed by atoms with van der Waals surface area (Å²) in [6.07, 6.45) is 11.0. The van der Waals surface area contributed by atoms with Gasteiger partial charge in [0.2, 0.25) is 5.88 Å². The van der Waals surface area contributed by atoms with E-state index in [1.54, 1.807) is 13.1 Å². The van der Waals surface area contributed by atoms with Crippen LogP contribution in [0.3, 0.4) is 0 Å². The maximum absolute atomic E-state index is 13.2. The molecule has 0 saturated heterocycles. The van der Waals surface area contributed by atoms with Crippen LogP contribution in [0.25, 0.3) is 6.20 Å². The van der Waals surface area contributed by atoms with Crippen molar-refractivity contribution in [3.8, 4) is 5.88 Å². The summed E-state index contributed by atoms with van der Waals surface area (Å²) in [5, 5.41) is 16.7. The molecule has 164 valence electrons. The van der Waals surface area contributed by atoms with Gasteiger partial charge in [-0.25, -0.2) is 4.68 Å². The first kappa shape index (κ1) is 20.9. The Labute approximate surface area is 177 Å². The molecule has 1 unspecified atom stereocenters. The van der Waals surface area contributed by atoms with Gasteiger partial charge < -0.3 is 15.2 Å². The fourth-order valence-corrected chi connectivity index (χ4v) is 5.69. The van der Waals surface area contributed by atoms with E-state index in [9.17, 15) is 9.59 Å². The number of carboxylic acid groups (broad SMARTS) is 1. The molecule has 7 nitrogen and oxygen atoms in total. The van der Waals surface area contributed by atoms with E-state index in [2.05, 4.69) is 10.4 Å². The topological polar surface area (TPSA) is 93.5 Å². The number of hydrogen-bond donors (Lipinski definition) is 2. The van der Waals surface area contributed by atoms with Crippen LogP contribution >= 0.6 is 0 Å². The van der Waals surface area contributed by atoms with Crippen molar-refractivity contribution in [2.24, 2.45) is 35.5 Å². The molecule has 4 saturated carbocycles. The third-order valence-electron chi connectivity index (χ3n) is 6.98. The van der Waals surface area contributed by atoms with Crippen molar-refractivity contribution >= 4 is 18.1 Å². The zero-order valence-corrected chi connectivity index (χ0v) is 18.1. The maximum Gasteiger partial charge on any atom is 0.310 e.